The van der Waals surface area contributed by atoms with Gasteiger partial charge >= 0.3 is 0 Å². The minimum absolute atomic E-state index is 0.594. The molecule has 2 rings (SSSR count). The average molecular weight is 395 g/mol. The van der Waals surface area contributed by atoms with Crippen molar-refractivity contribution in [2.75, 3.05) is 26.4 Å². The molecule has 7 heteroatoms. The number of nitrogens with one attached hydrogen (secondary N) is 2. The smallest absolute Gasteiger partial charge is 0.190 e. The lowest BCUT2D eigenvalue weighted by Crippen LogP contribution is -2.38. The van der Waals surface area contributed by atoms with Gasteiger partial charge in [0.1, 0.15) is 5.82 Å². The summed E-state index contributed by atoms with van der Waals surface area (Å²) in [6, 6.07) is 0. The third kappa shape index (κ3) is 7.72. The molecule has 0 saturated heterocycles. The standard InChI is InChI=1S/C20H38N6S/c1-16(2)15-26-18(24-25-20(26)27-4)12-8-14-23-19(21-3)22-13-7-11-17-9-5-6-10-17/h16-17H,5-15H2,1-4H3,(H2,21,22,23). The minimum Gasteiger partial charge on any atom is -0.356 e. The normalized spacial score (nSPS) is 15.7. The van der Waals surface area contributed by atoms with E-state index in [4.69, 9.17) is 0 Å². The summed E-state index contributed by atoms with van der Waals surface area (Å²) in [4.78, 5) is 4.33. The highest BCUT2D eigenvalue weighted by Gasteiger charge is 2.14. The molecule has 0 bridgehead atoms. The Labute approximate surface area is 169 Å². The molecule has 0 unspecified atom stereocenters. The molecule has 2 N–H and O–H groups in total. The van der Waals surface area contributed by atoms with Gasteiger partial charge in [0.25, 0.3) is 0 Å². The maximum absolute atomic E-state index is 4.39. The SMILES string of the molecule is CN=C(NCCCc1nnc(SC)n1CC(C)C)NCCCC1CCCC1. The molecular formula is C20H38N6S. The van der Waals surface area contributed by atoms with Crippen LogP contribution in [0.4, 0.5) is 0 Å². The van der Waals surface area contributed by atoms with Gasteiger partial charge in [0.15, 0.2) is 11.1 Å². The summed E-state index contributed by atoms with van der Waals surface area (Å²) in [6.45, 7) is 7.35. The first kappa shape index (κ1) is 22.1. The summed E-state index contributed by atoms with van der Waals surface area (Å²) in [5, 5.41) is 16.6. The lowest BCUT2D eigenvalue weighted by Gasteiger charge is -2.14. The van der Waals surface area contributed by atoms with Crippen LogP contribution in [0.5, 0.6) is 0 Å². The first-order chi connectivity index (χ1) is 13.1. The lowest BCUT2D eigenvalue weighted by atomic mass is 10.0. The van der Waals surface area contributed by atoms with Crippen LogP contribution < -0.4 is 10.6 Å². The first-order valence-corrected chi connectivity index (χ1v) is 11.8. The van der Waals surface area contributed by atoms with Gasteiger partial charge in [-0.1, -0.05) is 51.3 Å². The molecule has 1 aromatic heterocycles. The molecular weight excluding hydrogens is 356 g/mol. The van der Waals surface area contributed by atoms with Gasteiger partial charge in [0.05, 0.1) is 0 Å². The van der Waals surface area contributed by atoms with E-state index in [9.17, 15) is 0 Å². The van der Waals surface area contributed by atoms with Crippen molar-refractivity contribution in [3.63, 3.8) is 0 Å². The molecule has 1 aliphatic rings. The summed E-state index contributed by atoms with van der Waals surface area (Å²) >= 11 is 1.67. The molecule has 6 nitrogen and oxygen atoms in total. The van der Waals surface area contributed by atoms with Gasteiger partial charge in [-0.2, -0.15) is 0 Å². The number of aromatic nitrogens is 3. The number of rotatable bonds is 11. The molecule has 0 aromatic carbocycles. The van der Waals surface area contributed by atoms with Gasteiger partial charge in [0.2, 0.25) is 0 Å². The largest absolute Gasteiger partial charge is 0.356 e. The van der Waals surface area contributed by atoms with Gasteiger partial charge in [-0.25, -0.2) is 0 Å². The molecule has 1 aromatic rings. The number of aliphatic imine (C=N–C) groups is 1. The van der Waals surface area contributed by atoms with E-state index in [-0.39, 0.29) is 0 Å². The molecule has 1 fully saturated rings. The monoisotopic (exact) mass is 394 g/mol. The van der Waals surface area contributed by atoms with Crippen LogP contribution in [0.3, 0.4) is 0 Å². The Bertz CT molecular complexity index is 563. The van der Waals surface area contributed by atoms with Gasteiger partial charge in [-0.05, 0) is 37.4 Å². The number of hydrogen-bond donors (Lipinski definition) is 2. The van der Waals surface area contributed by atoms with Crippen LogP contribution in [-0.4, -0.2) is 47.1 Å². The first-order valence-electron chi connectivity index (χ1n) is 10.5. The molecule has 27 heavy (non-hydrogen) atoms. The fourth-order valence-corrected chi connectivity index (χ4v) is 4.30. The number of thioether (sulfide) groups is 1. The fraction of sp³-hybridized carbons (Fsp3) is 0.850. The van der Waals surface area contributed by atoms with E-state index in [1.54, 1.807) is 11.8 Å². The summed E-state index contributed by atoms with van der Waals surface area (Å²) in [5.41, 5.74) is 0. The minimum atomic E-state index is 0.594. The second-order valence-electron chi connectivity index (χ2n) is 7.93. The Morgan fingerprint density at radius 1 is 1.19 bits per heavy atom. The van der Waals surface area contributed by atoms with Crippen molar-refractivity contribution in [2.45, 2.75) is 76.9 Å². The number of guanidine groups is 1. The zero-order chi connectivity index (χ0) is 19.5. The predicted octanol–water partition coefficient (Wildman–Crippen LogP) is 3.72. The van der Waals surface area contributed by atoms with Gasteiger partial charge in [-0.15, -0.1) is 10.2 Å². The molecule has 1 saturated carbocycles. The van der Waals surface area contributed by atoms with E-state index >= 15 is 0 Å². The van der Waals surface area contributed by atoms with Crippen LogP contribution >= 0.6 is 11.8 Å². The molecule has 1 aliphatic carbocycles. The van der Waals surface area contributed by atoms with E-state index < -0.39 is 0 Å². The zero-order valence-corrected chi connectivity index (χ0v) is 18.4. The third-order valence-electron chi connectivity index (χ3n) is 5.17. The maximum Gasteiger partial charge on any atom is 0.190 e. The van der Waals surface area contributed by atoms with Crippen LogP contribution in [0.25, 0.3) is 0 Å². The highest BCUT2D eigenvalue weighted by atomic mass is 32.2. The number of aryl methyl sites for hydroxylation is 1. The molecule has 0 spiro atoms. The average Bonchev–Trinajstić information content (AvgIpc) is 3.30. The molecule has 0 radical (unpaired) electrons. The van der Waals surface area contributed by atoms with Crippen LogP contribution in [0, 0.1) is 11.8 Å². The fourth-order valence-electron chi connectivity index (χ4n) is 3.77. The van der Waals surface area contributed by atoms with Crippen molar-refractivity contribution < 1.29 is 0 Å². The van der Waals surface area contributed by atoms with Crippen molar-refractivity contribution in [3.05, 3.63) is 5.82 Å². The molecule has 0 amide bonds. The lowest BCUT2D eigenvalue weighted by molar-refractivity contribution is 0.476. The highest BCUT2D eigenvalue weighted by Crippen LogP contribution is 2.28. The Morgan fingerprint density at radius 2 is 1.89 bits per heavy atom. The van der Waals surface area contributed by atoms with Crippen molar-refractivity contribution in [3.8, 4) is 0 Å². The van der Waals surface area contributed by atoms with Crippen molar-refractivity contribution in [2.24, 2.45) is 16.8 Å². The second kappa shape index (κ2) is 12.3. The van der Waals surface area contributed by atoms with Crippen LogP contribution in [0.15, 0.2) is 10.1 Å². The topological polar surface area (TPSA) is 67.1 Å². The van der Waals surface area contributed by atoms with Crippen molar-refractivity contribution in [1.29, 1.82) is 0 Å². The number of nitrogens with zero attached hydrogens (tertiary/aromatic N) is 4. The third-order valence-corrected chi connectivity index (χ3v) is 5.84. The molecule has 0 atom stereocenters. The Balaban J connectivity index is 1.65. The Kier molecular flexibility index (Phi) is 10.0. The van der Waals surface area contributed by atoms with E-state index in [1.807, 2.05) is 7.05 Å². The highest BCUT2D eigenvalue weighted by molar-refractivity contribution is 7.98. The van der Waals surface area contributed by atoms with E-state index in [2.05, 4.69) is 50.5 Å². The summed E-state index contributed by atoms with van der Waals surface area (Å²) in [7, 11) is 1.84. The predicted molar refractivity (Wildman–Crippen MR) is 116 cm³/mol. The van der Waals surface area contributed by atoms with Gasteiger partial charge in [-0.3, -0.25) is 4.99 Å². The number of hydrogen-bond acceptors (Lipinski definition) is 4. The van der Waals surface area contributed by atoms with Crippen LogP contribution in [0.2, 0.25) is 0 Å². The zero-order valence-electron chi connectivity index (χ0n) is 17.6. The molecule has 1 heterocycles. The maximum atomic E-state index is 4.39. The van der Waals surface area contributed by atoms with Crippen molar-refractivity contribution in [1.82, 2.24) is 25.4 Å². The van der Waals surface area contributed by atoms with E-state index in [1.165, 1.54) is 38.5 Å². The van der Waals surface area contributed by atoms with Crippen molar-refractivity contribution >= 4 is 17.7 Å². The van der Waals surface area contributed by atoms with Crippen LogP contribution in [0.1, 0.15) is 64.6 Å². The van der Waals surface area contributed by atoms with Crippen LogP contribution in [-0.2, 0) is 13.0 Å². The quantitative estimate of drug-likeness (QED) is 0.259. The van der Waals surface area contributed by atoms with Gasteiger partial charge < -0.3 is 15.2 Å². The second-order valence-corrected chi connectivity index (χ2v) is 8.70. The molecule has 0 aliphatic heterocycles. The van der Waals surface area contributed by atoms with E-state index in [0.29, 0.717) is 5.92 Å². The summed E-state index contributed by atoms with van der Waals surface area (Å²) in [5.74, 6) is 3.57. The Hall–Kier alpha value is -1.24. The summed E-state index contributed by atoms with van der Waals surface area (Å²) in [6.07, 6.45) is 12.4. The molecule has 154 valence electrons. The summed E-state index contributed by atoms with van der Waals surface area (Å²) < 4.78 is 2.27. The van der Waals surface area contributed by atoms with Gasteiger partial charge in [0, 0.05) is 33.1 Å². The van der Waals surface area contributed by atoms with E-state index in [0.717, 1.165) is 55.3 Å². The Morgan fingerprint density at radius 3 is 2.52 bits per heavy atom.